The monoisotopic (exact) mass is 375 g/mol. The van der Waals surface area contributed by atoms with Crippen LogP contribution < -0.4 is 10.6 Å². The van der Waals surface area contributed by atoms with Gasteiger partial charge in [0.15, 0.2) is 0 Å². The molecular formula is C18H12Cl2FN3O. The molecule has 2 N–H and O–H groups in total. The van der Waals surface area contributed by atoms with Gasteiger partial charge < -0.3 is 10.6 Å². The Morgan fingerprint density at radius 2 is 1.72 bits per heavy atom. The molecule has 3 aromatic rings. The lowest BCUT2D eigenvalue weighted by Gasteiger charge is -2.10. The summed E-state index contributed by atoms with van der Waals surface area (Å²) >= 11 is 12.1. The lowest BCUT2D eigenvalue weighted by molar-refractivity contribution is 0.102. The average Bonchev–Trinajstić information content (AvgIpc) is 2.61. The number of carbonyl (C=O) groups is 1. The predicted molar refractivity (Wildman–Crippen MR) is 98.3 cm³/mol. The van der Waals surface area contributed by atoms with Gasteiger partial charge in [-0.3, -0.25) is 4.79 Å². The van der Waals surface area contributed by atoms with Gasteiger partial charge in [0.1, 0.15) is 11.5 Å². The fraction of sp³-hybridized carbons (Fsp3) is 0. The van der Waals surface area contributed by atoms with E-state index >= 15 is 0 Å². The lowest BCUT2D eigenvalue weighted by Crippen LogP contribution is -2.14. The molecule has 0 aliphatic carbocycles. The van der Waals surface area contributed by atoms with E-state index in [4.69, 9.17) is 23.2 Å². The minimum absolute atomic E-state index is 0.0993. The predicted octanol–water partition coefficient (Wildman–Crippen LogP) is 5.52. The summed E-state index contributed by atoms with van der Waals surface area (Å²) in [5.41, 5.74) is 1.51. The van der Waals surface area contributed by atoms with Crippen LogP contribution in [0.15, 0.2) is 60.8 Å². The zero-order valence-electron chi connectivity index (χ0n) is 12.8. The Balaban J connectivity index is 1.73. The SMILES string of the molecule is O=C(Nc1ccccc1F)c1ccc(Nc2cccc(Cl)c2Cl)cn1. The Kier molecular flexibility index (Phi) is 5.16. The molecule has 3 rings (SSSR count). The number of nitrogens with zero attached hydrogens (tertiary/aromatic N) is 1. The van der Waals surface area contributed by atoms with E-state index in [1.165, 1.54) is 24.4 Å². The van der Waals surface area contributed by atoms with E-state index in [0.717, 1.165) is 0 Å². The number of benzene rings is 2. The van der Waals surface area contributed by atoms with Crippen molar-refractivity contribution in [2.24, 2.45) is 0 Å². The molecule has 0 bridgehead atoms. The summed E-state index contributed by atoms with van der Waals surface area (Å²) in [6.07, 6.45) is 1.48. The summed E-state index contributed by atoms with van der Waals surface area (Å²) in [5, 5.41) is 6.37. The number of hydrogen-bond donors (Lipinski definition) is 2. The first-order valence-electron chi connectivity index (χ1n) is 7.27. The van der Waals surface area contributed by atoms with Gasteiger partial charge in [0.25, 0.3) is 5.91 Å². The second-order valence-corrected chi connectivity index (χ2v) is 5.88. The molecule has 1 aromatic heterocycles. The highest BCUT2D eigenvalue weighted by Crippen LogP contribution is 2.31. The first kappa shape index (κ1) is 17.2. The fourth-order valence-electron chi connectivity index (χ4n) is 2.11. The van der Waals surface area contributed by atoms with Crippen LogP contribution in [0.1, 0.15) is 10.5 Å². The molecule has 4 nitrogen and oxygen atoms in total. The molecule has 0 aliphatic heterocycles. The van der Waals surface area contributed by atoms with Crippen LogP contribution in [0, 0.1) is 5.82 Å². The van der Waals surface area contributed by atoms with Gasteiger partial charge >= 0.3 is 0 Å². The Hall–Kier alpha value is -2.63. The highest BCUT2D eigenvalue weighted by Gasteiger charge is 2.11. The second-order valence-electron chi connectivity index (χ2n) is 5.09. The van der Waals surface area contributed by atoms with Crippen molar-refractivity contribution < 1.29 is 9.18 Å². The standard InChI is InChI=1S/C18H12Cl2FN3O/c19-12-4-3-7-15(17(12)20)23-11-8-9-16(22-10-11)18(25)24-14-6-2-1-5-13(14)21/h1-10,23H,(H,24,25). The second kappa shape index (κ2) is 7.51. The summed E-state index contributed by atoms with van der Waals surface area (Å²) in [6, 6.07) is 14.3. The van der Waals surface area contributed by atoms with Gasteiger partial charge in [-0.05, 0) is 36.4 Å². The van der Waals surface area contributed by atoms with Crippen LogP contribution in [0.5, 0.6) is 0 Å². The van der Waals surface area contributed by atoms with Gasteiger partial charge in [0.05, 0.1) is 33.3 Å². The normalized spacial score (nSPS) is 10.4. The van der Waals surface area contributed by atoms with E-state index in [1.54, 1.807) is 36.4 Å². The fourth-order valence-corrected chi connectivity index (χ4v) is 2.45. The maximum Gasteiger partial charge on any atom is 0.274 e. The molecule has 7 heteroatoms. The highest BCUT2D eigenvalue weighted by atomic mass is 35.5. The minimum Gasteiger partial charge on any atom is -0.353 e. The molecule has 1 amide bonds. The molecule has 126 valence electrons. The quantitative estimate of drug-likeness (QED) is 0.630. The molecule has 0 radical (unpaired) electrons. The number of rotatable bonds is 4. The van der Waals surface area contributed by atoms with E-state index in [2.05, 4.69) is 15.6 Å². The maximum atomic E-state index is 13.6. The molecule has 0 saturated carbocycles. The van der Waals surface area contributed by atoms with Gasteiger partial charge in [-0.15, -0.1) is 0 Å². The Labute approximate surface area is 153 Å². The van der Waals surface area contributed by atoms with Crippen molar-refractivity contribution >= 4 is 46.2 Å². The van der Waals surface area contributed by atoms with Gasteiger partial charge in [-0.25, -0.2) is 9.37 Å². The average molecular weight is 376 g/mol. The zero-order valence-corrected chi connectivity index (χ0v) is 14.3. The van der Waals surface area contributed by atoms with Crippen LogP contribution in [-0.2, 0) is 0 Å². The van der Waals surface area contributed by atoms with Crippen molar-refractivity contribution in [1.29, 1.82) is 0 Å². The molecular weight excluding hydrogens is 364 g/mol. The Bertz CT molecular complexity index is 916. The van der Waals surface area contributed by atoms with Crippen LogP contribution in [0.3, 0.4) is 0 Å². The van der Waals surface area contributed by atoms with E-state index in [1.807, 2.05) is 0 Å². The van der Waals surface area contributed by atoms with Crippen LogP contribution >= 0.6 is 23.2 Å². The van der Waals surface area contributed by atoms with Gasteiger partial charge in [-0.1, -0.05) is 41.4 Å². The van der Waals surface area contributed by atoms with E-state index in [0.29, 0.717) is 21.4 Å². The Morgan fingerprint density at radius 3 is 2.44 bits per heavy atom. The number of halogens is 3. The van der Waals surface area contributed by atoms with Crippen molar-refractivity contribution in [3.63, 3.8) is 0 Å². The Morgan fingerprint density at radius 1 is 0.960 bits per heavy atom. The van der Waals surface area contributed by atoms with Crippen molar-refractivity contribution in [2.75, 3.05) is 10.6 Å². The third kappa shape index (κ3) is 4.07. The van der Waals surface area contributed by atoms with Crippen molar-refractivity contribution in [3.05, 3.63) is 82.4 Å². The first-order chi connectivity index (χ1) is 12.0. The molecule has 0 aliphatic rings. The van der Waals surface area contributed by atoms with Crippen molar-refractivity contribution in [2.45, 2.75) is 0 Å². The lowest BCUT2D eigenvalue weighted by atomic mass is 10.2. The highest BCUT2D eigenvalue weighted by molar-refractivity contribution is 6.43. The number of hydrogen-bond acceptors (Lipinski definition) is 3. The summed E-state index contributed by atoms with van der Waals surface area (Å²) < 4.78 is 13.6. The maximum absolute atomic E-state index is 13.6. The number of amides is 1. The minimum atomic E-state index is -0.510. The van der Waals surface area contributed by atoms with Crippen LogP contribution in [0.4, 0.5) is 21.5 Å². The zero-order chi connectivity index (χ0) is 17.8. The number of nitrogens with one attached hydrogen (secondary N) is 2. The van der Waals surface area contributed by atoms with Crippen molar-refractivity contribution in [1.82, 2.24) is 4.98 Å². The molecule has 0 unspecified atom stereocenters. The molecule has 0 atom stereocenters. The smallest absolute Gasteiger partial charge is 0.274 e. The largest absolute Gasteiger partial charge is 0.353 e. The molecule has 2 aromatic carbocycles. The first-order valence-corrected chi connectivity index (χ1v) is 8.03. The molecule has 0 spiro atoms. The molecule has 0 fully saturated rings. The number of para-hydroxylation sites is 1. The summed E-state index contributed by atoms with van der Waals surface area (Å²) in [4.78, 5) is 16.2. The number of anilines is 3. The number of carbonyl (C=O) groups excluding carboxylic acids is 1. The number of pyridine rings is 1. The van der Waals surface area contributed by atoms with E-state index < -0.39 is 11.7 Å². The molecule has 0 saturated heterocycles. The van der Waals surface area contributed by atoms with Crippen LogP contribution in [-0.4, -0.2) is 10.9 Å². The number of aromatic nitrogens is 1. The van der Waals surface area contributed by atoms with E-state index in [-0.39, 0.29) is 11.4 Å². The van der Waals surface area contributed by atoms with E-state index in [9.17, 15) is 9.18 Å². The summed E-state index contributed by atoms with van der Waals surface area (Å²) in [7, 11) is 0. The summed E-state index contributed by atoms with van der Waals surface area (Å²) in [6.45, 7) is 0. The third-order valence-electron chi connectivity index (χ3n) is 3.35. The van der Waals surface area contributed by atoms with Gasteiger partial charge in [-0.2, -0.15) is 0 Å². The molecule has 25 heavy (non-hydrogen) atoms. The van der Waals surface area contributed by atoms with Crippen LogP contribution in [0.2, 0.25) is 10.0 Å². The summed E-state index contributed by atoms with van der Waals surface area (Å²) in [5.74, 6) is -1.01. The molecule has 1 heterocycles. The van der Waals surface area contributed by atoms with Gasteiger partial charge in [0, 0.05) is 0 Å². The van der Waals surface area contributed by atoms with Crippen molar-refractivity contribution in [3.8, 4) is 0 Å². The topological polar surface area (TPSA) is 54.0 Å². The van der Waals surface area contributed by atoms with Crippen LogP contribution in [0.25, 0.3) is 0 Å². The third-order valence-corrected chi connectivity index (χ3v) is 4.17. The van der Waals surface area contributed by atoms with Gasteiger partial charge in [0.2, 0.25) is 0 Å².